The molecule has 1 rings (SSSR count). The van der Waals surface area contributed by atoms with Crippen LogP contribution in [0.15, 0.2) is 6.33 Å². The SMILES string of the molecule is CCOc1ncnc(NC)n1. The number of nitrogens with one attached hydrogen (secondary N) is 1. The fourth-order valence-electron chi connectivity index (χ4n) is 0.600. The topological polar surface area (TPSA) is 59.9 Å². The van der Waals surface area contributed by atoms with Crippen LogP contribution < -0.4 is 10.1 Å². The van der Waals surface area contributed by atoms with E-state index < -0.39 is 0 Å². The molecule has 60 valence electrons. The van der Waals surface area contributed by atoms with Gasteiger partial charge in [-0.15, -0.1) is 0 Å². The van der Waals surface area contributed by atoms with Crippen LogP contribution in [0.5, 0.6) is 6.01 Å². The largest absolute Gasteiger partial charge is 0.464 e. The summed E-state index contributed by atoms with van der Waals surface area (Å²) in [5.41, 5.74) is 0. The molecule has 0 aromatic carbocycles. The number of hydrogen-bond acceptors (Lipinski definition) is 5. The van der Waals surface area contributed by atoms with Crippen molar-refractivity contribution >= 4 is 5.95 Å². The number of anilines is 1. The lowest BCUT2D eigenvalue weighted by atomic mass is 10.8. The maximum absolute atomic E-state index is 5.05. The molecule has 0 aliphatic carbocycles. The van der Waals surface area contributed by atoms with E-state index in [9.17, 15) is 0 Å². The molecule has 0 fully saturated rings. The summed E-state index contributed by atoms with van der Waals surface area (Å²) in [5, 5.41) is 2.78. The van der Waals surface area contributed by atoms with Crippen molar-refractivity contribution in [3.05, 3.63) is 6.33 Å². The first-order valence-electron chi connectivity index (χ1n) is 3.36. The van der Waals surface area contributed by atoms with Crippen molar-refractivity contribution < 1.29 is 4.74 Å². The van der Waals surface area contributed by atoms with Crippen molar-refractivity contribution in [3.63, 3.8) is 0 Å². The Labute approximate surface area is 64.8 Å². The standard InChI is InChI=1S/C6H10N4O/c1-3-11-6-9-4-8-5(7-2)10-6/h4H,3H2,1-2H3,(H,7,8,9,10). The van der Waals surface area contributed by atoms with Gasteiger partial charge in [0.2, 0.25) is 5.95 Å². The zero-order valence-corrected chi connectivity index (χ0v) is 6.53. The van der Waals surface area contributed by atoms with Gasteiger partial charge in [0.05, 0.1) is 6.61 Å². The van der Waals surface area contributed by atoms with Crippen molar-refractivity contribution in [2.24, 2.45) is 0 Å². The minimum absolute atomic E-state index is 0.354. The van der Waals surface area contributed by atoms with Gasteiger partial charge in [-0.1, -0.05) is 0 Å². The van der Waals surface area contributed by atoms with Gasteiger partial charge in [0.25, 0.3) is 0 Å². The van der Waals surface area contributed by atoms with Crippen LogP contribution in [0.2, 0.25) is 0 Å². The molecular formula is C6H10N4O. The molecule has 0 saturated heterocycles. The van der Waals surface area contributed by atoms with Crippen LogP contribution >= 0.6 is 0 Å². The molecule has 0 saturated carbocycles. The normalized spacial score (nSPS) is 9.27. The summed E-state index contributed by atoms with van der Waals surface area (Å²) in [6.45, 7) is 2.44. The van der Waals surface area contributed by atoms with E-state index in [0.717, 1.165) is 0 Å². The zero-order chi connectivity index (χ0) is 8.10. The second-order valence-corrected chi connectivity index (χ2v) is 1.77. The maximum atomic E-state index is 5.05. The molecule has 1 aromatic rings. The first kappa shape index (κ1) is 7.71. The number of ether oxygens (including phenoxy) is 1. The summed E-state index contributed by atoms with van der Waals surface area (Å²) in [6.07, 6.45) is 1.41. The summed E-state index contributed by atoms with van der Waals surface area (Å²) in [5.74, 6) is 0.517. The van der Waals surface area contributed by atoms with E-state index in [4.69, 9.17) is 4.74 Å². The highest BCUT2D eigenvalue weighted by atomic mass is 16.5. The quantitative estimate of drug-likeness (QED) is 0.679. The molecule has 5 nitrogen and oxygen atoms in total. The van der Waals surface area contributed by atoms with Gasteiger partial charge in [-0.25, -0.2) is 4.98 Å². The fourth-order valence-corrected chi connectivity index (χ4v) is 0.600. The summed E-state index contributed by atoms with van der Waals surface area (Å²) >= 11 is 0. The molecule has 1 aromatic heterocycles. The maximum Gasteiger partial charge on any atom is 0.321 e. The Morgan fingerprint density at radius 2 is 2.36 bits per heavy atom. The molecular weight excluding hydrogens is 144 g/mol. The van der Waals surface area contributed by atoms with Crippen LogP contribution in [-0.4, -0.2) is 28.6 Å². The zero-order valence-electron chi connectivity index (χ0n) is 6.53. The average Bonchev–Trinajstić information content (AvgIpc) is 2.06. The second kappa shape index (κ2) is 3.70. The third kappa shape index (κ3) is 2.03. The molecule has 0 radical (unpaired) electrons. The Hall–Kier alpha value is -1.39. The Bertz CT molecular complexity index is 228. The Morgan fingerprint density at radius 1 is 1.55 bits per heavy atom. The highest BCUT2D eigenvalue weighted by Gasteiger charge is 1.96. The minimum atomic E-state index is 0.354. The van der Waals surface area contributed by atoms with Crippen LogP contribution in [0.25, 0.3) is 0 Å². The third-order valence-corrected chi connectivity index (χ3v) is 1.05. The predicted octanol–water partition coefficient (Wildman–Crippen LogP) is 0.312. The van der Waals surface area contributed by atoms with Crippen molar-refractivity contribution in [2.45, 2.75) is 6.92 Å². The van der Waals surface area contributed by atoms with Crippen LogP contribution in [-0.2, 0) is 0 Å². The highest BCUT2D eigenvalue weighted by Crippen LogP contribution is 2.01. The Balaban J connectivity index is 2.74. The van der Waals surface area contributed by atoms with E-state index in [1.54, 1.807) is 7.05 Å². The third-order valence-electron chi connectivity index (χ3n) is 1.05. The summed E-state index contributed by atoms with van der Waals surface area (Å²) in [4.78, 5) is 11.5. The van der Waals surface area contributed by atoms with E-state index in [1.165, 1.54) is 6.33 Å². The number of aromatic nitrogens is 3. The summed E-state index contributed by atoms with van der Waals surface area (Å²) in [7, 11) is 1.74. The van der Waals surface area contributed by atoms with Crippen molar-refractivity contribution in [2.75, 3.05) is 19.0 Å². The molecule has 0 spiro atoms. The van der Waals surface area contributed by atoms with Crippen LogP contribution in [0.3, 0.4) is 0 Å². The molecule has 5 heteroatoms. The number of rotatable bonds is 3. The van der Waals surface area contributed by atoms with Gasteiger partial charge in [-0.3, -0.25) is 0 Å². The fraction of sp³-hybridized carbons (Fsp3) is 0.500. The van der Waals surface area contributed by atoms with Gasteiger partial charge in [0.15, 0.2) is 0 Å². The lowest BCUT2D eigenvalue weighted by molar-refractivity contribution is 0.312. The molecule has 0 bridgehead atoms. The Morgan fingerprint density at radius 3 is 3.00 bits per heavy atom. The van der Waals surface area contributed by atoms with Gasteiger partial charge in [0, 0.05) is 7.05 Å². The molecule has 11 heavy (non-hydrogen) atoms. The van der Waals surface area contributed by atoms with E-state index in [0.29, 0.717) is 18.6 Å². The van der Waals surface area contributed by atoms with Crippen LogP contribution in [0, 0.1) is 0 Å². The first-order valence-corrected chi connectivity index (χ1v) is 3.36. The molecule has 1 heterocycles. The van der Waals surface area contributed by atoms with E-state index in [-0.39, 0.29) is 0 Å². The lowest BCUT2D eigenvalue weighted by Crippen LogP contribution is -2.01. The van der Waals surface area contributed by atoms with Gasteiger partial charge in [0.1, 0.15) is 6.33 Å². The molecule has 0 atom stereocenters. The number of nitrogens with zero attached hydrogens (tertiary/aromatic N) is 3. The smallest absolute Gasteiger partial charge is 0.321 e. The summed E-state index contributed by atoms with van der Waals surface area (Å²) in [6, 6.07) is 0.354. The lowest BCUT2D eigenvalue weighted by Gasteiger charge is -2.00. The monoisotopic (exact) mass is 154 g/mol. The van der Waals surface area contributed by atoms with Crippen molar-refractivity contribution in [1.82, 2.24) is 15.0 Å². The van der Waals surface area contributed by atoms with Gasteiger partial charge in [-0.2, -0.15) is 9.97 Å². The first-order chi connectivity index (χ1) is 5.36. The summed E-state index contributed by atoms with van der Waals surface area (Å²) < 4.78 is 5.05. The second-order valence-electron chi connectivity index (χ2n) is 1.77. The van der Waals surface area contributed by atoms with Crippen molar-refractivity contribution in [1.29, 1.82) is 0 Å². The van der Waals surface area contributed by atoms with Crippen molar-refractivity contribution in [3.8, 4) is 6.01 Å². The molecule has 0 amide bonds. The van der Waals surface area contributed by atoms with E-state index >= 15 is 0 Å². The predicted molar refractivity (Wildman–Crippen MR) is 40.5 cm³/mol. The van der Waals surface area contributed by atoms with Gasteiger partial charge in [-0.05, 0) is 6.92 Å². The Kier molecular flexibility index (Phi) is 2.59. The number of hydrogen-bond donors (Lipinski definition) is 1. The molecule has 1 N–H and O–H groups in total. The van der Waals surface area contributed by atoms with E-state index in [1.807, 2.05) is 6.92 Å². The highest BCUT2D eigenvalue weighted by molar-refractivity contribution is 5.21. The molecule has 0 unspecified atom stereocenters. The molecule has 0 aliphatic rings. The van der Waals surface area contributed by atoms with Gasteiger partial charge < -0.3 is 10.1 Å². The van der Waals surface area contributed by atoms with Crippen LogP contribution in [0.1, 0.15) is 6.92 Å². The van der Waals surface area contributed by atoms with Crippen LogP contribution in [0.4, 0.5) is 5.95 Å². The minimum Gasteiger partial charge on any atom is -0.464 e. The average molecular weight is 154 g/mol. The molecule has 0 aliphatic heterocycles. The van der Waals surface area contributed by atoms with Gasteiger partial charge >= 0.3 is 6.01 Å². The van der Waals surface area contributed by atoms with E-state index in [2.05, 4.69) is 20.3 Å².